The van der Waals surface area contributed by atoms with Gasteiger partial charge in [0.2, 0.25) is 12.3 Å². The van der Waals surface area contributed by atoms with E-state index in [1.165, 1.54) is 13.8 Å². The molecule has 0 aliphatic heterocycles. The van der Waals surface area contributed by atoms with Gasteiger partial charge in [-0.05, 0) is 0 Å². The van der Waals surface area contributed by atoms with Crippen molar-refractivity contribution in [2.24, 2.45) is 17.4 Å². The summed E-state index contributed by atoms with van der Waals surface area (Å²) in [4.78, 5) is 74.1. The number of halogens is 2. The summed E-state index contributed by atoms with van der Waals surface area (Å²) < 4.78 is 0. The lowest BCUT2D eigenvalue weighted by atomic mass is 10.3. The Bertz CT molecular complexity index is 556. The highest BCUT2D eigenvalue weighted by Crippen LogP contribution is 2.07. The van der Waals surface area contributed by atoms with E-state index in [2.05, 4.69) is 21.4 Å². The summed E-state index contributed by atoms with van der Waals surface area (Å²) in [5.74, 6) is 3.47. The molecule has 0 aromatic rings. The van der Waals surface area contributed by atoms with Gasteiger partial charge in [-0.1, -0.05) is 0 Å². The molecule has 0 heterocycles. The SMILES string of the molecule is CC(=O)NCC(=O)CNC=O.CC(=O)ON.Cl.Cl.NCC(=O)CN.O=C1CCC(=O)C1. The molecule has 1 aliphatic carbocycles. The van der Waals surface area contributed by atoms with Crippen LogP contribution >= 0.6 is 24.8 Å². The standard InChI is InChI=1S/C6H10N2O3.C5H6O2.C3H8N2O.C2H5NO2.2ClH/c1-5(10)8-3-6(11)2-7-4-9;6-4-1-2-5(7)3-4;4-1-3(6)2-5;1-2(4)5-3;;/h4H,2-3H2,1H3,(H,7,9)(H,8,10);1-3H2;1-2,4-5H2;3H2,1H3;2*1H. The van der Waals surface area contributed by atoms with Gasteiger partial charge in [0.15, 0.2) is 11.6 Å². The fraction of sp³-hybridized carbons (Fsp3) is 0.562. The Hall–Kier alpha value is -2.45. The fourth-order valence-electron chi connectivity index (χ4n) is 1.20. The van der Waals surface area contributed by atoms with Gasteiger partial charge in [0.25, 0.3) is 0 Å². The van der Waals surface area contributed by atoms with Gasteiger partial charge < -0.3 is 26.9 Å². The van der Waals surface area contributed by atoms with Crippen LogP contribution in [0.15, 0.2) is 0 Å². The van der Waals surface area contributed by atoms with Crippen LogP contribution in [-0.4, -0.2) is 67.6 Å². The zero-order valence-electron chi connectivity index (χ0n) is 17.3. The zero-order valence-corrected chi connectivity index (χ0v) is 19.0. The Labute approximate surface area is 192 Å². The molecule has 0 bridgehead atoms. The van der Waals surface area contributed by atoms with E-state index in [1.54, 1.807) is 0 Å². The molecule has 0 aromatic heterocycles. The maximum absolute atomic E-state index is 10.7. The summed E-state index contributed by atoms with van der Waals surface area (Å²) in [5, 5.41) is 4.50. The number of carbonyl (C=O) groups excluding carboxylic acids is 7. The van der Waals surface area contributed by atoms with Crippen molar-refractivity contribution in [3.63, 3.8) is 0 Å². The van der Waals surface area contributed by atoms with E-state index in [0.717, 1.165) is 0 Å². The number of rotatable bonds is 7. The molecule has 1 saturated carbocycles. The molecule has 0 radical (unpaired) electrons. The number of hydrogen-bond donors (Lipinski definition) is 5. The number of carbonyl (C=O) groups is 7. The van der Waals surface area contributed by atoms with Gasteiger partial charge >= 0.3 is 5.97 Å². The number of hydrogen-bond acceptors (Lipinski definition) is 11. The summed E-state index contributed by atoms with van der Waals surface area (Å²) in [5.41, 5.74) is 9.71. The second kappa shape index (κ2) is 27.5. The van der Waals surface area contributed by atoms with E-state index in [-0.39, 0.29) is 86.5 Å². The summed E-state index contributed by atoms with van der Waals surface area (Å²) in [7, 11) is 0. The zero-order chi connectivity index (χ0) is 23.2. The Morgan fingerprint density at radius 3 is 1.55 bits per heavy atom. The molecular weight excluding hydrogens is 461 g/mol. The number of nitrogens with one attached hydrogen (secondary N) is 2. The van der Waals surface area contributed by atoms with Crippen molar-refractivity contribution in [2.45, 2.75) is 33.1 Å². The Morgan fingerprint density at radius 1 is 0.935 bits per heavy atom. The normalized spacial score (nSPS) is 10.5. The van der Waals surface area contributed by atoms with E-state index >= 15 is 0 Å². The highest BCUT2D eigenvalue weighted by atomic mass is 35.5. The summed E-state index contributed by atoms with van der Waals surface area (Å²) in [6, 6.07) is 0. The number of ketones is 4. The van der Waals surface area contributed by atoms with Gasteiger partial charge in [-0.15, -0.1) is 24.8 Å². The van der Waals surface area contributed by atoms with Gasteiger partial charge in [0, 0.05) is 26.7 Å². The fourth-order valence-corrected chi connectivity index (χ4v) is 1.20. The number of nitrogens with two attached hydrogens (primary N) is 3. The van der Waals surface area contributed by atoms with Crippen molar-refractivity contribution < 1.29 is 38.4 Å². The Kier molecular flexibility index (Phi) is 34.7. The first-order valence-electron chi connectivity index (χ1n) is 8.29. The molecule has 8 N–H and O–H groups in total. The molecular formula is C16H31Cl2N5O8. The monoisotopic (exact) mass is 491 g/mol. The van der Waals surface area contributed by atoms with Crippen molar-refractivity contribution in [3.05, 3.63) is 0 Å². The Balaban J connectivity index is -0.0000000993. The quantitative estimate of drug-likeness (QED) is 0.141. The van der Waals surface area contributed by atoms with Gasteiger partial charge in [-0.25, -0.2) is 0 Å². The molecule has 31 heavy (non-hydrogen) atoms. The minimum Gasteiger partial charge on any atom is -0.374 e. The molecule has 182 valence electrons. The van der Waals surface area contributed by atoms with E-state index in [4.69, 9.17) is 11.5 Å². The molecule has 0 spiro atoms. The third-order valence-electron chi connectivity index (χ3n) is 2.62. The van der Waals surface area contributed by atoms with Crippen LogP contribution in [0.1, 0.15) is 33.1 Å². The molecule has 1 rings (SSSR count). The van der Waals surface area contributed by atoms with Crippen LogP contribution in [0.4, 0.5) is 0 Å². The van der Waals surface area contributed by atoms with E-state index in [1.807, 2.05) is 0 Å². The summed E-state index contributed by atoms with van der Waals surface area (Å²) >= 11 is 0. The van der Waals surface area contributed by atoms with Crippen LogP contribution < -0.4 is 28.0 Å². The first kappa shape index (κ1) is 39.1. The van der Waals surface area contributed by atoms with Gasteiger partial charge in [-0.3, -0.25) is 33.6 Å². The number of amides is 2. The third-order valence-corrected chi connectivity index (χ3v) is 2.62. The first-order valence-corrected chi connectivity index (χ1v) is 8.29. The average molecular weight is 492 g/mol. The van der Waals surface area contributed by atoms with Crippen LogP contribution in [0.5, 0.6) is 0 Å². The lowest BCUT2D eigenvalue weighted by Crippen LogP contribution is -2.33. The molecule has 1 fully saturated rings. The largest absolute Gasteiger partial charge is 0.374 e. The maximum atomic E-state index is 10.7. The minimum absolute atomic E-state index is 0. The molecule has 0 aromatic carbocycles. The topological polar surface area (TPSA) is 231 Å². The van der Waals surface area contributed by atoms with Gasteiger partial charge in [0.1, 0.15) is 11.6 Å². The third kappa shape index (κ3) is 38.7. The molecule has 13 nitrogen and oxygen atoms in total. The van der Waals surface area contributed by atoms with Crippen LogP contribution in [0.3, 0.4) is 0 Å². The highest BCUT2D eigenvalue weighted by Gasteiger charge is 2.17. The highest BCUT2D eigenvalue weighted by molar-refractivity contribution is 6.05. The lowest BCUT2D eigenvalue weighted by Gasteiger charge is -1.99. The molecule has 1 aliphatic rings. The molecule has 15 heteroatoms. The van der Waals surface area contributed by atoms with Crippen molar-refractivity contribution in [2.75, 3.05) is 26.2 Å². The maximum Gasteiger partial charge on any atom is 0.321 e. The molecule has 2 amide bonds. The van der Waals surface area contributed by atoms with Crippen molar-refractivity contribution >= 4 is 66.2 Å². The van der Waals surface area contributed by atoms with E-state index < -0.39 is 5.97 Å². The van der Waals surface area contributed by atoms with Crippen molar-refractivity contribution in [3.8, 4) is 0 Å². The van der Waals surface area contributed by atoms with Crippen molar-refractivity contribution in [1.29, 1.82) is 0 Å². The van der Waals surface area contributed by atoms with Gasteiger partial charge in [-0.2, -0.15) is 5.90 Å². The summed E-state index contributed by atoms with van der Waals surface area (Å²) in [6.07, 6.45) is 1.60. The predicted octanol–water partition coefficient (Wildman–Crippen LogP) is -2.51. The van der Waals surface area contributed by atoms with Crippen LogP contribution in [-0.2, 0) is 38.4 Å². The smallest absolute Gasteiger partial charge is 0.321 e. The lowest BCUT2D eigenvalue weighted by molar-refractivity contribution is -0.141. The second-order valence-electron chi connectivity index (χ2n) is 5.26. The van der Waals surface area contributed by atoms with Crippen LogP contribution in [0, 0.1) is 0 Å². The molecule has 0 saturated heterocycles. The van der Waals surface area contributed by atoms with Gasteiger partial charge in [0.05, 0.1) is 32.6 Å². The van der Waals surface area contributed by atoms with E-state index in [9.17, 15) is 33.6 Å². The van der Waals surface area contributed by atoms with Crippen LogP contribution in [0.2, 0.25) is 0 Å². The second-order valence-corrected chi connectivity index (χ2v) is 5.26. The average Bonchev–Trinajstić information content (AvgIpc) is 3.07. The predicted molar refractivity (Wildman–Crippen MR) is 115 cm³/mol. The molecule has 0 atom stereocenters. The van der Waals surface area contributed by atoms with E-state index in [0.29, 0.717) is 19.3 Å². The minimum atomic E-state index is -0.468. The first-order chi connectivity index (χ1) is 13.5. The summed E-state index contributed by atoms with van der Waals surface area (Å²) in [6.45, 7) is 2.62. The Morgan fingerprint density at radius 2 is 1.35 bits per heavy atom. The molecule has 0 unspecified atom stereocenters. The number of Topliss-reactive ketones (excluding diaryl/α,β-unsaturated/α-hetero) is 4. The van der Waals surface area contributed by atoms with Crippen molar-refractivity contribution in [1.82, 2.24) is 10.6 Å². The van der Waals surface area contributed by atoms with Crippen LogP contribution in [0.25, 0.3) is 0 Å².